The molecule has 0 aromatic heterocycles. The molecule has 1 unspecified atom stereocenters. The van der Waals surface area contributed by atoms with E-state index in [0.717, 1.165) is 31.7 Å². The van der Waals surface area contributed by atoms with Crippen molar-refractivity contribution in [1.82, 2.24) is 14.7 Å². The van der Waals surface area contributed by atoms with E-state index < -0.39 is 18.8 Å². The van der Waals surface area contributed by atoms with E-state index in [1.165, 1.54) is 0 Å². The van der Waals surface area contributed by atoms with E-state index >= 15 is 0 Å². The summed E-state index contributed by atoms with van der Waals surface area (Å²) in [5.74, 6) is 0.291. The van der Waals surface area contributed by atoms with Crippen molar-refractivity contribution in [1.29, 1.82) is 0 Å². The first-order chi connectivity index (χ1) is 13.5. The molecule has 0 aliphatic carbocycles. The van der Waals surface area contributed by atoms with Gasteiger partial charge in [0.15, 0.2) is 0 Å². The lowest BCUT2D eigenvalue weighted by molar-refractivity contribution is -0.0575. The SMILES string of the molecule is C[C@H]1CN2CCN(Cc3ccccc3O)CCN([C@H](CO)[C@H](O)CO)CC2O1. The van der Waals surface area contributed by atoms with Gasteiger partial charge in [-0.25, -0.2) is 0 Å². The maximum absolute atomic E-state index is 10.2. The summed E-state index contributed by atoms with van der Waals surface area (Å²) in [7, 11) is 0. The molecule has 2 heterocycles. The van der Waals surface area contributed by atoms with E-state index in [0.29, 0.717) is 25.4 Å². The number of phenolic OH excluding ortho intramolecular Hbond substituents is 1. The van der Waals surface area contributed by atoms with Crippen LogP contribution in [0.2, 0.25) is 0 Å². The van der Waals surface area contributed by atoms with Crippen LogP contribution in [0.1, 0.15) is 12.5 Å². The van der Waals surface area contributed by atoms with Crippen molar-refractivity contribution in [3.63, 3.8) is 0 Å². The third kappa shape index (κ3) is 5.21. The van der Waals surface area contributed by atoms with Crippen molar-refractivity contribution in [3.05, 3.63) is 29.8 Å². The number of para-hydroxylation sites is 1. The molecule has 2 aliphatic rings. The molecule has 0 amide bonds. The number of rotatable bonds is 6. The van der Waals surface area contributed by atoms with Gasteiger partial charge < -0.3 is 25.2 Å². The number of fused-ring (bicyclic) bond motifs is 1. The number of benzene rings is 1. The zero-order valence-corrected chi connectivity index (χ0v) is 16.5. The molecule has 4 N–H and O–H groups in total. The fourth-order valence-electron chi connectivity index (χ4n) is 4.13. The van der Waals surface area contributed by atoms with Crippen LogP contribution in [-0.4, -0.2) is 112 Å². The van der Waals surface area contributed by atoms with Gasteiger partial charge in [-0.05, 0) is 13.0 Å². The first-order valence-corrected chi connectivity index (χ1v) is 10.0. The summed E-state index contributed by atoms with van der Waals surface area (Å²) >= 11 is 0. The highest BCUT2D eigenvalue weighted by Crippen LogP contribution is 2.22. The maximum atomic E-state index is 10.2. The lowest BCUT2D eigenvalue weighted by Crippen LogP contribution is -2.53. The number of nitrogens with zero attached hydrogens (tertiary/aromatic N) is 3. The van der Waals surface area contributed by atoms with Crippen molar-refractivity contribution in [3.8, 4) is 5.75 Å². The van der Waals surface area contributed by atoms with Crippen LogP contribution in [0.5, 0.6) is 5.75 Å². The van der Waals surface area contributed by atoms with Gasteiger partial charge in [-0.15, -0.1) is 0 Å². The quantitative estimate of drug-likeness (QED) is 0.500. The monoisotopic (exact) mass is 395 g/mol. The average Bonchev–Trinajstić information content (AvgIpc) is 3.06. The largest absolute Gasteiger partial charge is 0.508 e. The Morgan fingerprint density at radius 3 is 2.54 bits per heavy atom. The molecule has 1 aromatic carbocycles. The highest BCUT2D eigenvalue weighted by atomic mass is 16.5. The third-order valence-electron chi connectivity index (χ3n) is 5.76. The minimum Gasteiger partial charge on any atom is -0.508 e. The van der Waals surface area contributed by atoms with Crippen molar-refractivity contribution in [2.45, 2.75) is 37.9 Å². The Balaban J connectivity index is 1.77. The van der Waals surface area contributed by atoms with Gasteiger partial charge in [-0.3, -0.25) is 14.7 Å². The number of aromatic hydroxyl groups is 1. The summed E-state index contributed by atoms with van der Waals surface area (Å²) in [5.41, 5.74) is 0.880. The summed E-state index contributed by atoms with van der Waals surface area (Å²) in [6.07, 6.45) is -0.974. The van der Waals surface area contributed by atoms with E-state index in [1.807, 2.05) is 23.1 Å². The molecule has 8 heteroatoms. The standard InChI is InChI=1S/C20H33N3O5/c1-15-10-23-9-7-21(11-16-4-2-3-5-18(16)26)6-8-22(12-20(23)28-15)17(13-24)19(27)14-25/h2-5,15,17,19-20,24-27H,6-14H2,1H3/t15-,17+,19+,20?/m0/s1. The van der Waals surface area contributed by atoms with Gasteiger partial charge >= 0.3 is 0 Å². The molecule has 4 atom stereocenters. The molecule has 0 bridgehead atoms. The molecule has 2 saturated heterocycles. The fourth-order valence-corrected chi connectivity index (χ4v) is 4.13. The molecule has 1 aromatic rings. The zero-order valence-electron chi connectivity index (χ0n) is 16.5. The second-order valence-corrected chi connectivity index (χ2v) is 7.80. The van der Waals surface area contributed by atoms with Crippen LogP contribution in [-0.2, 0) is 11.3 Å². The Kier molecular flexibility index (Phi) is 7.64. The molecule has 3 rings (SSSR count). The normalized spacial score (nSPS) is 27.6. The van der Waals surface area contributed by atoms with E-state index in [4.69, 9.17) is 4.74 Å². The van der Waals surface area contributed by atoms with Crippen molar-refractivity contribution in [2.24, 2.45) is 0 Å². The van der Waals surface area contributed by atoms with Gasteiger partial charge in [0.1, 0.15) is 12.0 Å². The molecule has 2 fully saturated rings. The third-order valence-corrected chi connectivity index (χ3v) is 5.76. The predicted molar refractivity (Wildman–Crippen MR) is 105 cm³/mol. The summed E-state index contributed by atoms with van der Waals surface area (Å²) < 4.78 is 6.07. The summed E-state index contributed by atoms with van der Waals surface area (Å²) in [6.45, 7) is 6.49. The second kappa shape index (κ2) is 9.98. The minimum absolute atomic E-state index is 0.0972. The highest BCUT2D eigenvalue weighted by Gasteiger charge is 2.36. The molecule has 8 nitrogen and oxygen atoms in total. The lowest BCUT2D eigenvalue weighted by Gasteiger charge is -2.35. The van der Waals surface area contributed by atoms with Crippen LogP contribution < -0.4 is 0 Å². The van der Waals surface area contributed by atoms with Crippen LogP contribution in [0.25, 0.3) is 0 Å². The van der Waals surface area contributed by atoms with Gasteiger partial charge in [0.25, 0.3) is 0 Å². The molecule has 28 heavy (non-hydrogen) atoms. The van der Waals surface area contributed by atoms with E-state index in [1.54, 1.807) is 6.07 Å². The summed E-state index contributed by atoms with van der Waals surface area (Å²) in [4.78, 5) is 6.58. The van der Waals surface area contributed by atoms with Crippen LogP contribution in [0.15, 0.2) is 24.3 Å². The van der Waals surface area contributed by atoms with Crippen LogP contribution in [0.4, 0.5) is 0 Å². The van der Waals surface area contributed by atoms with E-state index in [9.17, 15) is 20.4 Å². The number of phenols is 1. The maximum Gasteiger partial charge on any atom is 0.124 e. The molecular formula is C20H33N3O5. The molecule has 158 valence electrons. The number of aliphatic hydroxyl groups is 3. The van der Waals surface area contributed by atoms with Gasteiger partial charge in [0.2, 0.25) is 0 Å². The van der Waals surface area contributed by atoms with Gasteiger partial charge in [-0.2, -0.15) is 0 Å². The lowest BCUT2D eigenvalue weighted by atomic mass is 10.1. The topological polar surface area (TPSA) is 99.9 Å². The van der Waals surface area contributed by atoms with Gasteiger partial charge in [-0.1, -0.05) is 18.2 Å². The summed E-state index contributed by atoms with van der Waals surface area (Å²) in [6, 6.07) is 6.81. The minimum atomic E-state index is -1.01. The Morgan fingerprint density at radius 2 is 1.82 bits per heavy atom. The van der Waals surface area contributed by atoms with Gasteiger partial charge in [0, 0.05) is 51.4 Å². The van der Waals surface area contributed by atoms with Crippen LogP contribution in [0.3, 0.4) is 0 Å². The van der Waals surface area contributed by atoms with E-state index in [-0.39, 0.29) is 18.9 Å². The van der Waals surface area contributed by atoms with Crippen molar-refractivity contribution in [2.75, 3.05) is 52.5 Å². The van der Waals surface area contributed by atoms with Crippen molar-refractivity contribution >= 4 is 0 Å². The van der Waals surface area contributed by atoms with E-state index in [2.05, 4.69) is 16.7 Å². The Hall–Kier alpha value is -1.26. The first-order valence-electron chi connectivity index (χ1n) is 10.0. The van der Waals surface area contributed by atoms with Crippen LogP contribution >= 0.6 is 0 Å². The number of aliphatic hydroxyl groups excluding tert-OH is 3. The van der Waals surface area contributed by atoms with Crippen molar-refractivity contribution < 1.29 is 25.2 Å². The predicted octanol–water partition coefficient (Wildman–Crippen LogP) is -0.729. The Labute approximate surface area is 166 Å². The molecular weight excluding hydrogens is 362 g/mol. The number of hydrogen-bond acceptors (Lipinski definition) is 8. The highest BCUT2D eigenvalue weighted by molar-refractivity contribution is 5.31. The molecule has 0 spiro atoms. The molecule has 0 saturated carbocycles. The first kappa shape index (κ1) is 21.4. The Bertz CT molecular complexity index is 619. The smallest absolute Gasteiger partial charge is 0.124 e. The fraction of sp³-hybridized carbons (Fsp3) is 0.700. The Morgan fingerprint density at radius 1 is 1.07 bits per heavy atom. The second-order valence-electron chi connectivity index (χ2n) is 7.80. The molecule has 0 radical (unpaired) electrons. The average molecular weight is 396 g/mol. The molecule has 2 aliphatic heterocycles. The zero-order chi connectivity index (χ0) is 20.1. The summed E-state index contributed by atoms with van der Waals surface area (Å²) in [5, 5.41) is 39.5. The van der Waals surface area contributed by atoms with Crippen LogP contribution in [0, 0.1) is 0 Å². The van der Waals surface area contributed by atoms with Gasteiger partial charge in [0.05, 0.1) is 31.5 Å². The number of ether oxygens (including phenoxy) is 1. The number of hydrogen-bond donors (Lipinski definition) is 4.